The molecule has 1 aromatic carbocycles. The van der Waals surface area contributed by atoms with Gasteiger partial charge in [-0.1, -0.05) is 0 Å². The highest BCUT2D eigenvalue weighted by Crippen LogP contribution is 2.27. The Hall–Kier alpha value is -1.89. The fourth-order valence-corrected chi connectivity index (χ4v) is 1.85. The van der Waals surface area contributed by atoms with Crippen LogP contribution in [0.15, 0.2) is 28.9 Å². The maximum absolute atomic E-state index is 13.8. The Balaban J connectivity index is 2.23. The van der Waals surface area contributed by atoms with Crippen molar-refractivity contribution in [1.29, 1.82) is 0 Å². The number of nitrogens with one attached hydrogen (secondary N) is 2. The summed E-state index contributed by atoms with van der Waals surface area (Å²) in [7, 11) is 1.73. The maximum atomic E-state index is 13.8. The summed E-state index contributed by atoms with van der Waals surface area (Å²) in [5.74, 6) is 0.835. The van der Waals surface area contributed by atoms with Gasteiger partial charge in [-0.05, 0) is 35.0 Å². The molecule has 0 spiro atoms. The van der Waals surface area contributed by atoms with Crippen molar-refractivity contribution in [3.8, 4) is 5.75 Å². The highest BCUT2D eigenvalue weighted by molar-refractivity contribution is 9.10. The van der Waals surface area contributed by atoms with Crippen LogP contribution in [0.3, 0.4) is 0 Å². The highest BCUT2D eigenvalue weighted by Gasteiger charge is 2.08. The van der Waals surface area contributed by atoms with E-state index in [0.29, 0.717) is 28.5 Å². The minimum Gasteiger partial charge on any atom is -0.491 e. The lowest BCUT2D eigenvalue weighted by Gasteiger charge is -2.10. The van der Waals surface area contributed by atoms with Crippen LogP contribution in [0.5, 0.6) is 5.75 Å². The van der Waals surface area contributed by atoms with Gasteiger partial charge in [-0.25, -0.2) is 9.37 Å². The van der Waals surface area contributed by atoms with Crippen LogP contribution in [0.4, 0.5) is 21.8 Å². The fourth-order valence-electron chi connectivity index (χ4n) is 1.56. The molecule has 0 unspecified atom stereocenters. The standard InChI is InChI=1S/C13H14BrFN4O/c1-3-20-11-5-4-8(6-10(11)15)18-12-9(14)7-17-13(16-2)19-12/h4-7H,3H2,1-2H3,(H2,16,17,18,19). The zero-order chi connectivity index (χ0) is 14.5. The monoisotopic (exact) mass is 340 g/mol. The van der Waals surface area contributed by atoms with Gasteiger partial charge in [0, 0.05) is 25.0 Å². The van der Waals surface area contributed by atoms with Crippen molar-refractivity contribution in [2.24, 2.45) is 0 Å². The van der Waals surface area contributed by atoms with E-state index < -0.39 is 5.82 Å². The van der Waals surface area contributed by atoms with Gasteiger partial charge in [-0.3, -0.25) is 0 Å². The van der Waals surface area contributed by atoms with Crippen LogP contribution < -0.4 is 15.4 Å². The van der Waals surface area contributed by atoms with Crippen LogP contribution in [-0.4, -0.2) is 23.6 Å². The molecule has 0 atom stereocenters. The number of nitrogens with zero attached hydrogens (tertiary/aromatic N) is 2. The molecule has 0 bridgehead atoms. The third-order valence-corrected chi connectivity index (χ3v) is 3.04. The lowest BCUT2D eigenvalue weighted by molar-refractivity contribution is 0.321. The summed E-state index contributed by atoms with van der Waals surface area (Å²) in [5, 5.41) is 5.86. The van der Waals surface area contributed by atoms with Crippen LogP contribution in [0.25, 0.3) is 0 Å². The van der Waals surface area contributed by atoms with Crippen LogP contribution in [0.2, 0.25) is 0 Å². The van der Waals surface area contributed by atoms with Crippen LogP contribution in [0, 0.1) is 5.82 Å². The molecule has 0 saturated carbocycles. The predicted molar refractivity (Wildman–Crippen MR) is 80.1 cm³/mol. The molecule has 2 aromatic rings. The van der Waals surface area contributed by atoms with E-state index in [4.69, 9.17) is 4.74 Å². The molecule has 106 valence electrons. The second-order valence-electron chi connectivity index (χ2n) is 3.84. The second-order valence-corrected chi connectivity index (χ2v) is 4.70. The summed E-state index contributed by atoms with van der Waals surface area (Å²) >= 11 is 3.34. The summed E-state index contributed by atoms with van der Waals surface area (Å²) in [4.78, 5) is 8.29. The van der Waals surface area contributed by atoms with Gasteiger partial charge in [0.05, 0.1) is 11.1 Å². The molecule has 0 amide bonds. The van der Waals surface area contributed by atoms with Gasteiger partial charge < -0.3 is 15.4 Å². The zero-order valence-electron chi connectivity index (χ0n) is 11.1. The van der Waals surface area contributed by atoms with Gasteiger partial charge in [0.2, 0.25) is 5.95 Å². The fraction of sp³-hybridized carbons (Fsp3) is 0.231. The third kappa shape index (κ3) is 3.36. The number of halogens is 2. The van der Waals surface area contributed by atoms with E-state index in [2.05, 4.69) is 36.5 Å². The van der Waals surface area contributed by atoms with E-state index in [0.717, 1.165) is 0 Å². The van der Waals surface area contributed by atoms with E-state index in [9.17, 15) is 4.39 Å². The molecule has 20 heavy (non-hydrogen) atoms. The molecule has 0 saturated heterocycles. The molecule has 0 aliphatic heterocycles. The Morgan fingerprint density at radius 3 is 2.85 bits per heavy atom. The predicted octanol–water partition coefficient (Wildman–Crippen LogP) is 3.56. The van der Waals surface area contributed by atoms with E-state index in [1.165, 1.54) is 6.07 Å². The topological polar surface area (TPSA) is 59.1 Å². The number of hydrogen-bond donors (Lipinski definition) is 2. The van der Waals surface area contributed by atoms with Gasteiger partial charge in [0.1, 0.15) is 5.82 Å². The van der Waals surface area contributed by atoms with Crippen LogP contribution in [-0.2, 0) is 0 Å². The SMILES string of the molecule is CCOc1ccc(Nc2nc(NC)ncc2Br)cc1F. The number of benzene rings is 1. The van der Waals surface area contributed by atoms with E-state index >= 15 is 0 Å². The number of rotatable bonds is 5. The van der Waals surface area contributed by atoms with Crippen molar-refractivity contribution in [1.82, 2.24) is 9.97 Å². The van der Waals surface area contributed by atoms with E-state index in [1.807, 2.05) is 6.92 Å². The molecule has 0 fully saturated rings. The lowest BCUT2D eigenvalue weighted by Crippen LogP contribution is -2.02. The Morgan fingerprint density at radius 2 is 2.20 bits per heavy atom. The summed E-state index contributed by atoms with van der Waals surface area (Å²) in [6.45, 7) is 2.23. The van der Waals surface area contributed by atoms with Crippen LogP contribution in [0.1, 0.15) is 6.92 Å². The normalized spacial score (nSPS) is 10.2. The van der Waals surface area contributed by atoms with Gasteiger partial charge in [0.25, 0.3) is 0 Å². The molecule has 7 heteroatoms. The molecule has 0 radical (unpaired) electrons. The largest absolute Gasteiger partial charge is 0.491 e. The maximum Gasteiger partial charge on any atom is 0.224 e. The molecule has 1 heterocycles. The average Bonchev–Trinajstić information content (AvgIpc) is 2.44. The smallest absolute Gasteiger partial charge is 0.224 e. The first kappa shape index (κ1) is 14.5. The van der Waals surface area contributed by atoms with Crippen molar-refractivity contribution >= 4 is 33.4 Å². The molecule has 1 aromatic heterocycles. The van der Waals surface area contributed by atoms with Gasteiger partial charge in [-0.15, -0.1) is 0 Å². The lowest BCUT2D eigenvalue weighted by atomic mass is 10.3. The number of anilines is 3. The van der Waals surface area contributed by atoms with Crippen molar-refractivity contribution in [3.05, 3.63) is 34.7 Å². The Morgan fingerprint density at radius 1 is 1.40 bits per heavy atom. The minimum atomic E-state index is -0.420. The van der Waals surface area contributed by atoms with Crippen molar-refractivity contribution < 1.29 is 9.13 Å². The number of aromatic nitrogens is 2. The summed E-state index contributed by atoms with van der Waals surface area (Å²) < 4.78 is 19.6. The summed E-state index contributed by atoms with van der Waals surface area (Å²) in [6.07, 6.45) is 1.62. The van der Waals surface area contributed by atoms with Gasteiger partial charge in [-0.2, -0.15) is 4.98 Å². The molecular formula is C13H14BrFN4O. The Bertz CT molecular complexity index is 609. The van der Waals surface area contributed by atoms with Gasteiger partial charge in [0.15, 0.2) is 11.6 Å². The summed E-state index contributed by atoms with van der Waals surface area (Å²) in [6, 6.07) is 4.66. The molecule has 2 N–H and O–H groups in total. The molecular weight excluding hydrogens is 327 g/mol. The average molecular weight is 341 g/mol. The quantitative estimate of drug-likeness (QED) is 0.871. The van der Waals surface area contributed by atoms with Crippen molar-refractivity contribution in [3.63, 3.8) is 0 Å². The molecule has 2 rings (SSSR count). The van der Waals surface area contributed by atoms with Gasteiger partial charge >= 0.3 is 0 Å². The van der Waals surface area contributed by atoms with Crippen molar-refractivity contribution in [2.75, 3.05) is 24.3 Å². The van der Waals surface area contributed by atoms with E-state index in [-0.39, 0.29) is 5.75 Å². The summed E-state index contributed by atoms with van der Waals surface area (Å²) in [5.41, 5.74) is 0.576. The first-order valence-electron chi connectivity index (χ1n) is 6.03. The zero-order valence-corrected chi connectivity index (χ0v) is 12.7. The molecule has 5 nitrogen and oxygen atoms in total. The van der Waals surface area contributed by atoms with Crippen LogP contribution >= 0.6 is 15.9 Å². The first-order chi connectivity index (χ1) is 9.63. The second kappa shape index (κ2) is 6.51. The minimum absolute atomic E-state index is 0.232. The molecule has 0 aliphatic rings. The number of hydrogen-bond acceptors (Lipinski definition) is 5. The molecule has 0 aliphatic carbocycles. The third-order valence-electron chi connectivity index (χ3n) is 2.46. The van der Waals surface area contributed by atoms with Crippen molar-refractivity contribution in [2.45, 2.75) is 6.92 Å². The van der Waals surface area contributed by atoms with E-state index in [1.54, 1.807) is 25.4 Å². The Kier molecular flexibility index (Phi) is 4.73. The first-order valence-corrected chi connectivity index (χ1v) is 6.83. The number of ether oxygens (including phenoxy) is 1. The highest BCUT2D eigenvalue weighted by atomic mass is 79.9. The Labute approximate surface area is 124 Å².